The van der Waals surface area contributed by atoms with Crippen molar-refractivity contribution in [2.24, 2.45) is 0 Å². The van der Waals surface area contributed by atoms with Gasteiger partial charge in [0.05, 0.1) is 46.9 Å². The Morgan fingerprint density at radius 3 is 2.38 bits per heavy atom. The van der Waals surface area contributed by atoms with Gasteiger partial charge in [0, 0.05) is 69.9 Å². The van der Waals surface area contributed by atoms with E-state index in [2.05, 4.69) is 41.9 Å². The minimum Gasteiger partial charge on any atom is -0.494 e. The van der Waals surface area contributed by atoms with Gasteiger partial charge in [0.25, 0.3) is 0 Å². The first-order chi connectivity index (χ1) is 23.4. The first-order valence-corrected chi connectivity index (χ1v) is 17.5. The molecule has 1 saturated carbocycles. The molecule has 4 heterocycles. The van der Waals surface area contributed by atoms with E-state index in [0.29, 0.717) is 51.5 Å². The molecule has 13 heteroatoms. The average molecular weight is 694 g/mol. The number of nitrogens with zero attached hydrogens (tertiary/aromatic N) is 6. The summed E-state index contributed by atoms with van der Waals surface area (Å²) in [4.78, 5) is 35.2. The molecule has 2 aromatic carbocycles. The maximum atomic E-state index is 12.6. The molecule has 1 aliphatic carbocycles. The molecule has 0 radical (unpaired) electrons. The number of carbonyl (C=O) groups is 1. The number of hydrogen-bond acceptors (Lipinski definition) is 10. The van der Waals surface area contributed by atoms with Gasteiger partial charge in [-0.3, -0.25) is 19.4 Å². The van der Waals surface area contributed by atoms with E-state index in [0.717, 1.165) is 62.7 Å². The Bertz CT molecular complexity index is 1640. The average Bonchev–Trinajstić information content (AvgIpc) is 3.86. The summed E-state index contributed by atoms with van der Waals surface area (Å²) in [5.74, 6) is 1.44. The van der Waals surface area contributed by atoms with Gasteiger partial charge in [-0.15, -0.1) is 0 Å². The number of hydrogen-bond donors (Lipinski definition) is 2. The van der Waals surface area contributed by atoms with Crippen molar-refractivity contribution in [3.05, 3.63) is 71.0 Å². The number of hydroxylamine groups is 1. The normalized spacial score (nSPS) is 20.9. The topological polar surface area (TPSA) is 98.3 Å². The predicted octanol–water partition coefficient (Wildman–Crippen LogP) is 6.29. The number of carbonyl (C=O) groups excluding carboxylic acids is 1. The summed E-state index contributed by atoms with van der Waals surface area (Å²) in [6.45, 7) is 10.6. The van der Waals surface area contributed by atoms with E-state index in [1.54, 1.807) is 24.3 Å². The summed E-state index contributed by atoms with van der Waals surface area (Å²) in [6, 6.07) is 12.5. The summed E-state index contributed by atoms with van der Waals surface area (Å²) in [5, 5.41) is 9.15. The molecule has 254 valence electrons. The lowest BCUT2D eigenvalue weighted by Gasteiger charge is -2.43. The van der Waals surface area contributed by atoms with Crippen LogP contribution in [0.25, 0.3) is 0 Å². The summed E-state index contributed by atoms with van der Waals surface area (Å²) in [5.41, 5.74) is 3.10. The quantitative estimate of drug-likeness (QED) is 0.236. The molecule has 4 fully saturated rings. The van der Waals surface area contributed by atoms with Crippen LogP contribution in [0.3, 0.4) is 0 Å². The molecule has 0 unspecified atom stereocenters. The smallest absolute Gasteiger partial charge is 0.247 e. The van der Waals surface area contributed by atoms with Gasteiger partial charge in [-0.2, -0.15) is 0 Å². The Balaban J connectivity index is 1.09. The van der Waals surface area contributed by atoms with Crippen molar-refractivity contribution < 1.29 is 14.4 Å². The van der Waals surface area contributed by atoms with Crippen molar-refractivity contribution in [1.29, 1.82) is 0 Å². The Morgan fingerprint density at radius 2 is 1.69 bits per heavy atom. The first-order valence-electron chi connectivity index (χ1n) is 16.8. The second-order valence-corrected chi connectivity index (χ2v) is 13.6. The van der Waals surface area contributed by atoms with Crippen LogP contribution in [-0.4, -0.2) is 90.7 Å². The van der Waals surface area contributed by atoms with Gasteiger partial charge in [0.2, 0.25) is 5.91 Å². The molecule has 1 aromatic heterocycles. The van der Waals surface area contributed by atoms with Crippen LogP contribution in [0, 0.1) is 0 Å². The third-order valence-electron chi connectivity index (χ3n) is 9.88. The molecule has 7 rings (SSSR count). The third kappa shape index (κ3) is 7.06. The van der Waals surface area contributed by atoms with Crippen molar-refractivity contribution in [2.45, 2.75) is 50.2 Å². The number of piperidine rings is 1. The lowest BCUT2D eigenvalue weighted by atomic mass is 10.0. The fourth-order valence-electron chi connectivity index (χ4n) is 7.19. The van der Waals surface area contributed by atoms with Gasteiger partial charge in [0.1, 0.15) is 17.9 Å². The number of methoxy groups -OCH3 is 1. The highest BCUT2D eigenvalue weighted by Crippen LogP contribution is 2.42. The second-order valence-electron chi connectivity index (χ2n) is 12.8. The standard InChI is InChI=1S/C35H42Cl2N8O3/c1-3-34(46)41-27-19-28(40-32-21-33(39-22-38-32)45-29(11-18-48-45)25-5-4-6-26(36)35(25)37)31(47-2)20-30(27)44-12-9-24(10-13-44)43-16-14-42(15-17-43)23-7-8-23/h3-6,19-24,29H,1,7-18H2,2H3,(H,41,46)(H,38,39,40)/t29-/m1/s1. The molecular weight excluding hydrogens is 651 g/mol. The number of nitrogens with one attached hydrogen (secondary N) is 2. The van der Waals surface area contributed by atoms with E-state index >= 15 is 0 Å². The zero-order valence-electron chi connectivity index (χ0n) is 27.2. The summed E-state index contributed by atoms with van der Waals surface area (Å²) < 4.78 is 5.87. The van der Waals surface area contributed by atoms with Crippen LogP contribution in [0.15, 0.2) is 55.4 Å². The molecule has 3 aromatic rings. The summed E-state index contributed by atoms with van der Waals surface area (Å²) in [6.07, 6.45) is 8.37. The molecule has 3 saturated heterocycles. The van der Waals surface area contributed by atoms with Crippen molar-refractivity contribution in [3.8, 4) is 5.75 Å². The van der Waals surface area contributed by atoms with Gasteiger partial charge < -0.3 is 20.3 Å². The number of halogens is 2. The van der Waals surface area contributed by atoms with Crippen LogP contribution in [0.2, 0.25) is 10.0 Å². The van der Waals surface area contributed by atoms with Crippen LogP contribution >= 0.6 is 23.2 Å². The number of piperazine rings is 1. The molecule has 1 amide bonds. The number of ether oxygens (including phenoxy) is 1. The molecule has 3 aliphatic heterocycles. The van der Waals surface area contributed by atoms with E-state index in [4.69, 9.17) is 32.8 Å². The summed E-state index contributed by atoms with van der Waals surface area (Å²) >= 11 is 12.9. The van der Waals surface area contributed by atoms with Gasteiger partial charge in [-0.05, 0) is 49.5 Å². The molecule has 11 nitrogen and oxygen atoms in total. The minimum atomic E-state index is -0.281. The van der Waals surface area contributed by atoms with Crippen LogP contribution in [0.5, 0.6) is 5.75 Å². The van der Waals surface area contributed by atoms with E-state index in [9.17, 15) is 4.79 Å². The van der Waals surface area contributed by atoms with Gasteiger partial charge in [-0.1, -0.05) is 41.9 Å². The Kier molecular flexibility index (Phi) is 9.93. The van der Waals surface area contributed by atoms with Crippen molar-refractivity contribution >= 4 is 57.8 Å². The largest absolute Gasteiger partial charge is 0.494 e. The van der Waals surface area contributed by atoms with Crippen molar-refractivity contribution in [3.63, 3.8) is 0 Å². The molecule has 1 atom stereocenters. The zero-order valence-corrected chi connectivity index (χ0v) is 28.7. The van der Waals surface area contributed by atoms with E-state index in [-0.39, 0.29) is 11.9 Å². The Hall–Kier alpha value is -3.61. The number of anilines is 5. The minimum absolute atomic E-state index is 0.162. The van der Waals surface area contributed by atoms with Gasteiger partial charge in [0.15, 0.2) is 5.82 Å². The number of aromatic nitrogens is 2. The molecular formula is C35H42Cl2N8O3. The molecule has 48 heavy (non-hydrogen) atoms. The van der Waals surface area contributed by atoms with Crippen LogP contribution in [0.1, 0.15) is 43.7 Å². The molecule has 4 aliphatic rings. The predicted molar refractivity (Wildman–Crippen MR) is 191 cm³/mol. The molecule has 0 bridgehead atoms. The van der Waals surface area contributed by atoms with Crippen molar-refractivity contribution in [2.75, 3.05) is 73.6 Å². The lowest BCUT2D eigenvalue weighted by Crippen LogP contribution is -2.53. The Labute approximate surface area is 291 Å². The maximum Gasteiger partial charge on any atom is 0.247 e. The third-order valence-corrected chi connectivity index (χ3v) is 10.7. The highest BCUT2D eigenvalue weighted by Gasteiger charge is 2.35. The maximum absolute atomic E-state index is 12.6. The van der Waals surface area contributed by atoms with E-state index < -0.39 is 0 Å². The Morgan fingerprint density at radius 1 is 0.958 bits per heavy atom. The van der Waals surface area contributed by atoms with Crippen LogP contribution in [-0.2, 0) is 9.63 Å². The number of rotatable bonds is 10. The monoisotopic (exact) mass is 692 g/mol. The fourth-order valence-corrected chi connectivity index (χ4v) is 7.62. The molecule has 0 spiro atoms. The van der Waals surface area contributed by atoms with Gasteiger partial charge in [-0.25, -0.2) is 15.0 Å². The van der Waals surface area contributed by atoms with Gasteiger partial charge >= 0.3 is 0 Å². The second kappa shape index (κ2) is 14.5. The number of benzene rings is 2. The number of amides is 1. The zero-order chi connectivity index (χ0) is 33.2. The fraction of sp³-hybridized carbons (Fsp3) is 0.457. The highest BCUT2D eigenvalue weighted by atomic mass is 35.5. The van der Waals surface area contributed by atoms with E-state index in [1.807, 2.05) is 24.3 Å². The lowest BCUT2D eigenvalue weighted by molar-refractivity contribution is -0.111. The molecule has 2 N–H and O–H groups in total. The van der Waals surface area contributed by atoms with Crippen LogP contribution < -0.4 is 25.3 Å². The van der Waals surface area contributed by atoms with E-state index in [1.165, 1.54) is 38.3 Å². The summed E-state index contributed by atoms with van der Waals surface area (Å²) in [7, 11) is 1.64. The van der Waals surface area contributed by atoms with Crippen molar-refractivity contribution in [1.82, 2.24) is 19.8 Å². The SMILES string of the molecule is C=CC(=O)Nc1cc(Nc2cc(N3OCC[C@@H]3c3cccc(Cl)c3Cl)ncn2)c(OC)cc1N1CCC(N2CCN(C3CC3)CC2)CC1. The van der Waals surface area contributed by atoms with Crippen LogP contribution in [0.4, 0.5) is 28.7 Å². The first kappa shape index (κ1) is 32.9. The highest BCUT2D eigenvalue weighted by molar-refractivity contribution is 6.42.